The second kappa shape index (κ2) is 6.45. The van der Waals surface area contributed by atoms with Crippen molar-refractivity contribution in [2.24, 2.45) is 0 Å². The van der Waals surface area contributed by atoms with E-state index >= 15 is 0 Å². The highest BCUT2D eigenvalue weighted by Crippen LogP contribution is 2.45. The molecule has 2 rings (SSSR count). The summed E-state index contributed by atoms with van der Waals surface area (Å²) in [5, 5.41) is 0.998. The lowest BCUT2D eigenvalue weighted by Crippen LogP contribution is -2.46. The Kier molecular flexibility index (Phi) is 4.88. The number of thiophene rings is 1. The summed E-state index contributed by atoms with van der Waals surface area (Å²) in [4.78, 5) is 17.3. The van der Waals surface area contributed by atoms with Gasteiger partial charge in [-0.15, -0.1) is 11.3 Å². The molecule has 0 atom stereocenters. The molecule has 1 aliphatic heterocycles. The molecule has 0 bridgehead atoms. The van der Waals surface area contributed by atoms with Gasteiger partial charge in [0.15, 0.2) is 11.5 Å². The van der Waals surface area contributed by atoms with Crippen molar-refractivity contribution in [1.29, 1.82) is 0 Å². The number of carbonyl (C=O) groups excluding carboxylic acids is 1. The minimum atomic E-state index is 0.0873. The molecule has 0 amide bonds. The summed E-state index contributed by atoms with van der Waals surface area (Å²) < 4.78 is 5.44. The summed E-state index contributed by atoms with van der Waals surface area (Å²) in [6.07, 6.45) is 0.469. The molecule has 0 unspecified atom stereocenters. The first-order valence-electron chi connectivity index (χ1n) is 7.09. The lowest BCUT2D eigenvalue weighted by atomic mass is 10.2. The van der Waals surface area contributed by atoms with Gasteiger partial charge in [-0.2, -0.15) is 0 Å². The highest BCUT2D eigenvalue weighted by Gasteiger charge is 2.26. The topological polar surface area (TPSA) is 58.8 Å². The van der Waals surface area contributed by atoms with E-state index in [0.29, 0.717) is 22.7 Å². The quantitative estimate of drug-likeness (QED) is 0.843. The summed E-state index contributed by atoms with van der Waals surface area (Å²) in [5.74, 6) is 0.751. The van der Waals surface area contributed by atoms with Crippen LogP contribution in [-0.2, 0) is 0 Å². The van der Waals surface area contributed by atoms with Crippen LogP contribution < -0.4 is 15.4 Å². The Labute approximate surface area is 124 Å². The molecule has 6 heteroatoms. The van der Waals surface area contributed by atoms with E-state index in [9.17, 15) is 4.79 Å². The zero-order chi connectivity index (χ0) is 14.7. The summed E-state index contributed by atoms with van der Waals surface area (Å²) in [6, 6.07) is 0. The van der Waals surface area contributed by atoms with E-state index in [0.717, 1.165) is 37.7 Å². The van der Waals surface area contributed by atoms with Crippen LogP contribution in [0.5, 0.6) is 5.75 Å². The minimum absolute atomic E-state index is 0.0873. The third-order valence-electron chi connectivity index (χ3n) is 3.77. The first kappa shape index (κ1) is 15.1. The fraction of sp³-hybridized carbons (Fsp3) is 0.643. The molecule has 0 aliphatic carbocycles. The second-order valence-electron chi connectivity index (χ2n) is 4.88. The summed E-state index contributed by atoms with van der Waals surface area (Å²) in [6.45, 7) is 9.08. The number of ether oxygens (including phenoxy) is 1. The number of anilines is 2. The second-order valence-corrected chi connectivity index (χ2v) is 5.88. The van der Waals surface area contributed by atoms with Gasteiger partial charge in [-0.25, -0.2) is 0 Å². The summed E-state index contributed by atoms with van der Waals surface area (Å²) in [7, 11) is 1.62. The van der Waals surface area contributed by atoms with Crippen molar-refractivity contribution >= 4 is 27.8 Å². The number of hydrogen-bond acceptors (Lipinski definition) is 6. The normalized spacial score (nSPS) is 16.4. The molecule has 2 N–H and O–H groups in total. The highest BCUT2D eigenvalue weighted by molar-refractivity contribution is 7.19. The SMILES string of the molecule is CCC(=O)c1sc(N2CCN(CC)CC2)c(OC)c1N. The van der Waals surface area contributed by atoms with Crippen LogP contribution in [0.3, 0.4) is 0 Å². The third kappa shape index (κ3) is 2.76. The van der Waals surface area contributed by atoms with Crippen molar-refractivity contribution < 1.29 is 9.53 Å². The van der Waals surface area contributed by atoms with Crippen molar-refractivity contribution in [2.75, 3.05) is 50.5 Å². The first-order chi connectivity index (χ1) is 9.62. The van der Waals surface area contributed by atoms with Gasteiger partial charge in [0.1, 0.15) is 5.00 Å². The standard InChI is InChI=1S/C14H23N3O2S/c1-4-10(18)13-11(15)12(19-3)14(20-13)17-8-6-16(5-2)7-9-17/h4-9,15H2,1-3H3. The average Bonchev–Trinajstić information content (AvgIpc) is 2.83. The molecule has 5 nitrogen and oxygen atoms in total. The van der Waals surface area contributed by atoms with Crippen LogP contribution in [-0.4, -0.2) is 50.5 Å². The molecule has 1 aromatic heterocycles. The number of piperazine rings is 1. The van der Waals surface area contributed by atoms with Gasteiger partial charge in [-0.05, 0) is 6.54 Å². The van der Waals surface area contributed by atoms with E-state index in [1.165, 1.54) is 11.3 Å². The molecular formula is C14H23N3O2S. The molecule has 1 aromatic rings. The molecular weight excluding hydrogens is 274 g/mol. The number of methoxy groups -OCH3 is 1. The van der Waals surface area contributed by atoms with E-state index in [2.05, 4.69) is 16.7 Å². The number of nitrogens with two attached hydrogens (primary N) is 1. The van der Waals surface area contributed by atoms with Crippen LogP contribution >= 0.6 is 11.3 Å². The Hall–Kier alpha value is -1.27. The van der Waals surface area contributed by atoms with Crippen molar-refractivity contribution in [1.82, 2.24) is 4.90 Å². The van der Waals surface area contributed by atoms with Crippen LogP contribution in [0, 0.1) is 0 Å². The van der Waals surface area contributed by atoms with E-state index < -0.39 is 0 Å². The maximum absolute atomic E-state index is 11.9. The lowest BCUT2D eigenvalue weighted by Gasteiger charge is -2.34. The van der Waals surface area contributed by atoms with E-state index in [1.54, 1.807) is 7.11 Å². The molecule has 0 spiro atoms. The number of nitrogens with zero attached hydrogens (tertiary/aromatic N) is 2. The predicted molar refractivity (Wildman–Crippen MR) is 84.2 cm³/mol. The fourth-order valence-corrected chi connectivity index (χ4v) is 3.71. The Morgan fingerprint density at radius 3 is 2.45 bits per heavy atom. The molecule has 2 heterocycles. The summed E-state index contributed by atoms with van der Waals surface area (Å²) in [5.41, 5.74) is 6.58. The van der Waals surface area contributed by atoms with Gasteiger partial charge in [0.2, 0.25) is 0 Å². The van der Waals surface area contributed by atoms with Crippen molar-refractivity contribution in [2.45, 2.75) is 20.3 Å². The molecule has 20 heavy (non-hydrogen) atoms. The van der Waals surface area contributed by atoms with Crippen LogP contribution in [0.1, 0.15) is 29.9 Å². The van der Waals surface area contributed by atoms with E-state index in [1.807, 2.05) is 6.92 Å². The molecule has 1 saturated heterocycles. The highest BCUT2D eigenvalue weighted by atomic mass is 32.1. The number of hydrogen-bond donors (Lipinski definition) is 1. The molecule has 1 aliphatic rings. The number of ketones is 1. The molecule has 0 aromatic carbocycles. The van der Waals surface area contributed by atoms with Crippen LogP contribution in [0.4, 0.5) is 10.7 Å². The first-order valence-corrected chi connectivity index (χ1v) is 7.90. The van der Waals surface area contributed by atoms with Crippen LogP contribution in [0.15, 0.2) is 0 Å². The smallest absolute Gasteiger partial charge is 0.177 e. The zero-order valence-corrected chi connectivity index (χ0v) is 13.3. The van der Waals surface area contributed by atoms with Crippen molar-refractivity contribution in [3.8, 4) is 5.75 Å². The Morgan fingerprint density at radius 1 is 1.30 bits per heavy atom. The maximum atomic E-state index is 11.9. The Morgan fingerprint density at radius 2 is 1.95 bits per heavy atom. The van der Waals surface area contributed by atoms with E-state index in [4.69, 9.17) is 10.5 Å². The van der Waals surface area contributed by atoms with Crippen LogP contribution in [0.25, 0.3) is 0 Å². The number of rotatable bonds is 5. The molecule has 0 saturated carbocycles. The number of likely N-dealkylation sites (N-methyl/N-ethyl adjacent to an activating group) is 1. The van der Waals surface area contributed by atoms with Crippen molar-refractivity contribution in [3.63, 3.8) is 0 Å². The average molecular weight is 297 g/mol. The fourth-order valence-electron chi connectivity index (χ4n) is 2.46. The zero-order valence-electron chi connectivity index (χ0n) is 12.4. The minimum Gasteiger partial charge on any atom is -0.492 e. The summed E-state index contributed by atoms with van der Waals surface area (Å²) >= 11 is 1.47. The molecule has 0 radical (unpaired) electrons. The largest absolute Gasteiger partial charge is 0.492 e. The molecule has 1 fully saturated rings. The van der Waals surface area contributed by atoms with E-state index in [-0.39, 0.29) is 5.78 Å². The van der Waals surface area contributed by atoms with Gasteiger partial charge in [0, 0.05) is 32.6 Å². The monoisotopic (exact) mass is 297 g/mol. The van der Waals surface area contributed by atoms with Gasteiger partial charge in [0.25, 0.3) is 0 Å². The van der Waals surface area contributed by atoms with Gasteiger partial charge in [0.05, 0.1) is 17.7 Å². The lowest BCUT2D eigenvalue weighted by molar-refractivity contribution is 0.0992. The number of carbonyl (C=O) groups is 1. The van der Waals surface area contributed by atoms with Crippen molar-refractivity contribution in [3.05, 3.63) is 4.88 Å². The number of nitrogen functional groups attached to an aromatic ring is 1. The predicted octanol–water partition coefficient (Wildman–Crippen LogP) is 2.07. The third-order valence-corrected chi connectivity index (χ3v) is 5.06. The number of Topliss-reactive ketones (excluding diaryl/α,β-unsaturated/α-hetero) is 1. The van der Waals surface area contributed by atoms with Gasteiger partial charge < -0.3 is 20.3 Å². The van der Waals surface area contributed by atoms with Crippen LogP contribution in [0.2, 0.25) is 0 Å². The van der Waals surface area contributed by atoms with Gasteiger partial charge >= 0.3 is 0 Å². The Balaban J connectivity index is 2.25. The Bertz CT molecular complexity index is 479. The van der Waals surface area contributed by atoms with Gasteiger partial charge in [-0.1, -0.05) is 13.8 Å². The molecule has 112 valence electrons. The maximum Gasteiger partial charge on any atom is 0.177 e. The van der Waals surface area contributed by atoms with Gasteiger partial charge in [-0.3, -0.25) is 4.79 Å².